The lowest BCUT2D eigenvalue weighted by Crippen LogP contribution is -2.44. The van der Waals surface area contributed by atoms with Crippen molar-refractivity contribution in [1.29, 1.82) is 0 Å². The summed E-state index contributed by atoms with van der Waals surface area (Å²) in [7, 11) is 0. The van der Waals surface area contributed by atoms with Crippen molar-refractivity contribution < 1.29 is 14.3 Å². The number of carbonyl (C=O) groups excluding carboxylic acids is 1. The molecule has 1 saturated heterocycles. The first-order chi connectivity index (χ1) is 10.2. The fourth-order valence-corrected chi connectivity index (χ4v) is 2.89. The number of likely N-dealkylation sites (tertiary alicyclic amines) is 1. The normalized spacial score (nSPS) is 22.2. The molecule has 5 nitrogen and oxygen atoms in total. The van der Waals surface area contributed by atoms with E-state index in [0.29, 0.717) is 18.8 Å². The van der Waals surface area contributed by atoms with Crippen LogP contribution in [0.15, 0.2) is 0 Å². The highest BCUT2D eigenvalue weighted by atomic mass is 16.5. The van der Waals surface area contributed by atoms with Gasteiger partial charge in [0.05, 0.1) is 12.7 Å². The van der Waals surface area contributed by atoms with Gasteiger partial charge in [-0.15, -0.1) is 0 Å². The Balaban J connectivity index is 1.69. The van der Waals surface area contributed by atoms with Crippen LogP contribution < -0.4 is 5.32 Å². The summed E-state index contributed by atoms with van der Waals surface area (Å²) in [4.78, 5) is 14.4. The van der Waals surface area contributed by atoms with Crippen LogP contribution in [0.1, 0.15) is 46.0 Å². The number of esters is 1. The molecule has 2 rings (SSSR count). The number of carbonyl (C=O) groups is 1. The first-order valence-electron chi connectivity index (χ1n) is 8.49. The Labute approximate surface area is 128 Å². The molecule has 0 amide bonds. The van der Waals surface area contributed by atoms with Gasteiger partial charge in [0.25, 0.3) is 0 Å². The zero-order valence-electron chi connectivity index (χ0n) is 13.5. The first-order valence-corrected chi connectivity index (χ1v) is 8.49. The van der Waals surface area contributed by atoms with Crippen molar-refractivity contribution in [2.45, 2.75) is 64.1 Å². The standard InChI is InChI=1S/C16H30N2O3/c1-3-20-14-7-10-18(11-8-14)12-9-15(16(19)21-4-2)17-13-5-6-13/h13-15,17H,3-12H2,1-2H3. The van der Waals surface area contributed by atoms with E-state index in [1.165, 1.54) is 12.8 Å². The van der Waals surface area contributed by atoms with E-state index >= 15 is 0 Å². The van der Waals surface area contributed by atoms with E-state index in [1.807, 2.05) is 6.92 Å². The molecule has 1 heterocycles. The van der Waals surface area contributed by atoms with Crippen molar-refractivity contribution in [3.63, 3.8) is 0 Å². The van der Waals surface area contributed by atoms with Crippen LogP contribution in [-0.2, 0) is 14.3 Å². The van der Waals surface area contributed by atoms with Crippen molar-refractivity contribution in [2.24, 2.45) is 0 Å². The zero-order valence-corrected chi connectivity index (χ0v) is 13.5. The second-order valence-corrected chi connectivity index (χ2v) is 6.03. The summed E-state index contributed by atoms with van der Waals surface area (Å²) < 4.78 is 10.9. The molecule has 1 saturated carbocycles. The van der Waals surface area contributed by atoms with Crippen LogP contribution in [0.2, 0.25) is 0 Å². The highest BCUT2D eigenvalue weighted by Crippen LogP contribution is 2.21. The van der Waals surface area contributed by atoms with E-state index < -0.39 is 0 Å². The lowest BCUT2D eigenvalue weighted by Gasteiger charge is -2.32. The second kappa shape index (κ2) is 8.71. The van der Waals surface area contributed by atoms with E-state index in [-0.39, 0.29) is 12.0 Å². The van der Waals surface area contributed by atoms with Gasteiger partial charge in [0.1, 0.15) is 6.04 Å². The minimum Gasteiger partial charge on any atom is -0.465 e. The van der Waals surface area contributed by atoms with Gasteiger partial charge >= 0.3 is 5.97 Å². The molecule has 1 unspecified atom stereocenters. The lowest BCUT2D eigenvalue weighted by molar-refractivity contribution is -0.146. The Morgan fingerprint density at radius 2 is 1.90 bits per heavy atom. The van der Waals surface area contributed by atoms with E-state index in [2.05, 4.69) is 17.1 Å². The highest BCUT2D eigenvalue weighted by molar-refractivity contribution is 5.75. The average Bonchev–Trinajstić information content (AvgIpc) is 3.29. The fraction of sp³-hybridized carbons (Fsp3) is 0.938. The summed E-state index contributed by atoms with van der Waals surface area (Å²) in [6.07, 6.45) is 5.86. The molecule has 1 atom stereocenters. The van der Waals surface area contributed by atoms with Gasteiger partial charge in [0.15, 0.2) is 0 Å². The summed E-state index contributed by atoms with van der Waals surface area (Å²) >= 11 is 0. The fourth-order valence-electron chi connectivity index (χ4n) is 2.89. The van der Waals surface area contributed by atoms with E-state index in [1.54, 1.807) is 0 Å². The number of nitrogens with one attached hydrogen (secondary N) is 1. The predicted molar refractivity (Wildman–Crippen MR) is 82.3 cm³/mol. The molecule has 1 aliphatic carbocycles. The molecule has 1 aliphatic heterocycles. The number of piperidine rings is 1. The highest BCUT2D eigenvalue weighted by Gasteiger charge is 2.29. The minimum absolute atomic E-state index is 0.0893. The third kappa shape index (κ3) is 5.93. The number of rotatable bonds is 9. The Morgan fingerprint density at radius 1 is 1.19 bits per heavy atom. The molecule has 1 N–H and O–H groups in total. The largest absolute Gasteiger partial charge is 0.465 e. The van der Waals surface area contributed by atoms with Crippen LogP contribution in [0.4, 0.5) is 0 Å². The molecule has 5 heteroatoms. The smallest absolute Gasteiger partial charge is 0.323 e. The maximum absolute atomic E-state index is 12.0. The lowest BCUT2D eigenvalue weighted by atomic mass is 10.1. The topological polar surface area (TPSA) is 50.8 Å². The zero-order chi connectivity index (χ0) is 15.1. The second-order valence-electron chi connectivity index (χ2n) is 6.03. The number of hydrogen-bond donors (Lipinski definition) is 1. The monoisotopic (exact) mass is 298 g/mol. The van der Waals surface area contributed by atoms with Crippen molar-refractivity contribution in [3.05, 3.63) is 0 Å². The first kappa shape index (κ1) is 16.7. The Hall–Kier alpha value is -0.650. The average molecular weight is 298 g/mol. The van der Waals surface area contributed by atoms with Crippen LogP contribution in [0.5, 0.6) is 0 Å². The molecule has 0 aromatic heterocycles. The van der Waals surface area contributed by atoms with E-state index in [4.69, 9.17) is 9.47 Å². The molecule has 21 heavy (non-hydrogen) atoms. The van der Waals surface area contributed by atoms with Crippen LogP contribution in [-0.4, -0.2) is 61.9 Å². The van der Waals surface area contributed by atoms with Crippen molar-refractivity contribution in [1.82, 2.24) is 10.2 Å². The van der Waals surface area contributed by atoms with Crippen molar-refractivity contribution in [3.8, 4) is 0 Å². The molecule has 0 spiro atoms. The van der Waals surface area contributed by atoms with Gasteiger partial charge in [0, 0.05) is 32.3 Å². The number of hydrogen-bond acceptors (Lipinski definition) is 5. The van der Waals surface area contributed by atoms with Crippen molar-refractivity contribution in [2.75, 3.05) is 32.8 Å². The van der Waals surface area contributed by atoms with Gasteiger partial charge in [-0.05, 0) is 46.0 Å². The summed E-state index contributed by atoms with van der Waals surface area (Å²) in [5.74, 6) is -0.0893. The molecule has 0 aromatic rings. The summed E-state index contributed by atoms with van der Waals surface area (Å²) in [5, 5.41) is 3.42. The molecule has 0 radical (unpaired) electrons. The van der Waals surface area contributed by atoms with Gasteiger partial charge in [0.2, 0.25) is 0 Å². The van der Waals surface area contributed by atoms with Crippen LogP contribution >= 0.6 is 0 Å². The molecule has 2 fully saturated rings. The maximum atomic E-state index is 12.0. The maximum Gasteiger partial charge on any atom is 0.323 e. The summed E-state index contributed by atoms with van der Waals surface area (Å²) in [6, 6.07) is 0.394. The molecule has 0 aromatic carbocycles. The summed E-state index contributed by atoms with van der Waals surface area (Å²) in [6.45, 7) is 8.29. The molecule has 0 bridgehead atoms. The number of nitrogens with zero attached hydrogens (tertiary/aromatic N) is 1. The van der Waals surface area contributed by atoms with Crippen LogP contribution in [0.3, 0.4) is 0 Å². The Bertz CT molecular complexity index is 313. The van der Waals surface area contributed by atoms with Gasteiger partial charge in [-0.25, -0.2) is 0 Å². The minimum atomic E-state index is -0.137. The predicted octanol–water partition coefficient (Wildman–Crippen LogP) is 1.56. The van der Waals surface area contributed by atoms with E-state index in [9.17, 15) is 4.79 Å². The molecule has 2 aliphatic rings. The molecular formula is C16H30N2O3. The third-order valence-corrected chi connectivity index (χ3v) is 4.26. The van der Waals surface area contributed by atoms with Gasteiger partial charge in [-0.3, -0.25) is 4.79 Å². The van der Waals surface area contributed by atoms with E-state index in [0.717, 1.165) is 45.5 Å². The van der Waals surface area contributed by atoms with Gasteiger partial charge in [-0.2, -0.15) is 0 Å². The quantitative estimate of drug-likeness (QED) is 0.655. The van der Waals surface area contributed by atoms with Gasteiger partial charge < -0.3 is 19.7 Å². The summed E-state index contributed by atoms with van der Waals surface area (Å²) in [5.41, 5.74) is 0. The Kier molecular flexibility index (Phi) is 6.93. The number of ether oxygens (including phenoxy) is 2. The van der Waals surface area contributed by atoms with Crippen LogP contribution in [0, 0.1) is 0 Å². The molecular weight excluding hydrogens is 268 g/mol. The SMILES string of the molecule is CCOC(=O)C(CCN1CCC(OCC)CC1)NC1CC1. The van der Waals surface area contributed by atoms with Gasteiger partial charge in [-0.1, -0.05) is 0 Å². The van der Waals surface area contributed by atoms with Crippen molar-refractivity contribution >= 4 is 5.97 Å². The van der Waals surface area contributed by atoms with Crippen LogP contribution in [0.25, 0.3) is 0 Å². The third-order valence-electron chi connectivity index (χ3n) is 4.26. The Morgan fingerprint density at radius 3 is 2.48 bits per heavy atom. The molecule has 122 valence electrons.